The fourth-order valence-corrected chi connectivity index (χ4v) is 5.36. The molecule has 0 heterocycles. The molecule has 5 rings (SSSR count). The predicted octanol–water partition coefficient (Wildman–Crippen LogP) is 4.28. The first kappa shape index (κ1) is 16.0. The first-order valence-electron chi connectivity index (χ1n) is 9.62. The minimum absolute atomic E-state index is 0.0860. The van der Waals surface area contributed by atoms with Crippen LogP contribution in [0.15, 0.2) is 24.3 Å². The number of rotatable bonds is 5. The summed E-state index contributed by atoms with van der Waals surface area (Å²) < 4.78 is 5.70. The van der Waals surface area contributed by atoms with Gasteiger partial charge in [-0.05, 0) is 86.0 Å². The van der Waals surface area contributed by atoms with E-state index >= 15 is 0 Å². The molecule has 1 N–H and O–H groups in total. The van der Waals surface area contributed by atoms with Gasteiger partial charge < -0.3 is 10.1 Å². The highest BCUT2D eigenvalue weighted by atomic mass is 16.5. The van der Waals surface area contributed by atoms with Crippen LogP contribution in [0.25, 0.3) is 0 Å². The van der Waals surface area contributed by atoms with Gasteiger partial charge in [-0.15, -0.1) is 0 Å². The van der Waals surface area contributed by atoms with E-state index in [2.05, 4.69) is 19.2 Å². The number of carbonyl (C=O) groups is 1. The predicted molar refractivity (Wildman–Crippen MR) is 95.1 cm³/mol. The second kappa shape index (κ2) is 6.42. The number of nitrogens with one attached hydrogen (secondary N) is 1. The van der Waals surface area contributed by atoms with Crippen LogP contribution in [-0.2, 0) is 0 Å². The van der Waals surface area contributed by atoms with Gasteiger partial charge in [-0.1, -0.05) is 13.8 Å². The standard InChI is InChI=1S/C21H29NO2/c1-13(2)12-24-19-5-3-16(4-6-19)21(23)22-20-17-8-14-7-15(10-17)11-18(20)9-14/h3-6,13-15,17-18,20H,7-12H2,1-2H3,(H,22,23). The maximum absolute atomic E-state index is 12.7. The fraction of sp³-hybridized carbons (Fsp3) is 0.667. The van der Waals surface area contributed by atoms with Crippen LogP contribution >= 0.6 is 0 Å². The quantitative estimate of drug-likeness (QED) is 0.877. The zero-order chi connectivity index (χ0) is 16.7. The Hall–Kier alpha value is -1.51. The lowest BCUT2D eigenvalue weighted by atomic mass is 9.54. The smallest absolute Gasteiger partial charge is 0.251 e. The van der Waals surface area contributed by atoms with E-state index in [-0.39, 0.29) is 5.91 Å². The van der Waals surface area contributed by atoms with E-state index in [9.17, 15) is 4.79 Å². The van der Waals surface area contributed by atoms with Gasteiger partial charge in [0, 0.05) is 11.6 Å². The van der Waals surface area contributed by atoms with E-state index in [1.807, 2.05) is 24.3 Å². The van der Waals surface area contributed by atoms with E-state index in [4.69, 9.17) is 4.74 Å². The maximum Gasteiger partial charge on any atom is 0.251 e. The van der Waals surface area contributed by atoms with Gasteiger partial charge in [0.1, 0.15) is 5.75 Å². The number of hydrogen-bond acceptors (Lipinski definition) is 2. The molecule has 0 aromatic heterocycles. The van der Waals surface area contributed by atoms with Crippen molar-refractivity contribution in [2.24, 2.45) is 29.6 Å². The number of ether oxygens (including phenoxy) is 1. The zero-order valence-corrected chi connectivity index (χ0v) is 14.8. The Labute approximate surface area is 145 Å². The largest absolute Gasteiger partial charge is 0.493 e. The Bertz CT molecular complexity index is 564. The molecule has 0 aliphatic heterocycles. The summed E-state index contributed by atoms with van der Waals surface area (Å²) in [5.74, 6) is 4.76. The maximum atomic E-state index is 12.7. The van der Waals surface area contributed by atoms with Gasteiger partial charge in [0.05, 0.1) is 6.61 Å². The van der Waals surface area contributed by atoms with Gasteiger partial charge in [-0.25, -0.2) is 0 Å². The van der Waals surface area contributed by atoms with Crippen molar-refractivity contribution >= 4 is 5.91 Å². The number of hydrogen-bond donors (Lipinski definition) is 1. The Morgan fingerprint density at radius 1 is 1.04 bits per heavy atom. The fourth-order valence-electron chi connectivity index (χ4n) is 5.36. The minimum atomic E-state index is 0.0860. The molecule has 24 heavy (non-hydrogen) atoms. The summed E-state index contributed by atoms with van der Waals surface area (Å²) in [5.41, 5.74) is 0.751. The first-order valence-corrected chi connectivity index (χ1v) is 9.62. The average molecular weight is 327 g/mol. The number of benzene rings is 1. The Kier molecular flexibility index (Phi) is 4.28. The molecule has 1 aromatic rings. The second-order valence-electron chi connectivity index (χ2n) is 8.66. The van der Waals surface area contributed by atoms with Crippen molar-refractivity contribution in [2.45, 2.75) is 52.0 Å². The number of amides is 1. The van der Waals surface area contributed by atoms with Crippen molar-refractivity contribution in [2.75, 3.05) is 6.61 Å². The van der Waals surface area contributed by atoms with Gasteiger partial charge in [0.2, 0.25) is 0 Å². The molecular weight excluding hydrogens is 298 g/mol. The molecular formula is C21H29NO2. The van der Waals surface area contributed by atoms with Gasteiger partial charge in [0.25, 0.3) is 5.91 Å². The van der Waals surface area contributed by atoms with Crippen molar-refractivity contribution in [1.29, 1.82) is 0 Å². The van der Waals surface area contributed by atoms with Gasteiger partial charge in [-0.3, -0.25) is 4.79 Å². The van der Waals surface area contributed by atoms with Crippen molar-refractivity contribution in [3.05, 3.63) is 29.8 Å². The highest BCUT2D eigenvalue weighted by Gasteiger charge is 2.48. The Morgan fingerprint density at radius 2 is 1.62 bits per heavy atom. The molecule has 130 valence electrons. The van der Waals surface area contributed by atoms with Crippen LogP contribution in [0.4, 0.5) is 0 Å². The zero-order valence-electron chi connectivity index (χ0n) is 14.8. The molecule has 3 heteroatoms. The summed E-state index contributed by atoms with van der Waals surface area (Å²) in [7, 11) is 0. The van der Waals surface area contributed by atoms with Gasteiger partial charge in [-0.2, -0.15) is 0 Å². The van der Waals surface area contributed by atoms with Crippen molar-refractivity contribution in [1.82, 2.24) is 5.32 Å². The van der Waals surface area contributed by atoms with Crippen LogP contribution in [0.3, 0.4) is 0 Å². The van der Waals surface area contributed by atoms with Crippen LogP contribution in [0.1, 0.15) is 56.3 Å². The summed E-state index contributed by atoms with van der Waals surface area (Å²) in [4.78, 5) is 12.7. The molecule has 4 saturated carbocycles. The van der Waals surface area contributed by atoms with Crippen molar-refractivity contribution < 1.29 is 9.53 Å². The molecule has 4 bridgehead atoms. The molecule has 3 nitrogen and oxygen atoms in total. The van der Waals surface area contributed by atoms with Gasteiger partial charge >= 0.3 is 0 Å². The van der Waals surface area contributed by atoms with E-state index < -0.39 is 0 Å². The van der Waals surface area contributed by atoms with Crippen molar-refractivity contribution in [3.63, 3.8) is 0 Å². The van der Waals surface area contributed by atoms with Crippen LogP contribution < -0.4 is 10.1 Å². The lowest BCUT2D eigenvalue weighted by Gasteiger charge is -2.54. The molecule has 0 saturated heterocycles. The summed E-state index contributed by atoms with van der Waals surface area (Å²) in [5, 5.41) is 3.37. The van der Waals surface area contributed by atoms with Crippen LogP contribution in [0, 0.1) is 29.6 Å². The molecule has 0 atom stereocenters. The van der Waals surface area contributed by atoms with E-state index in [1.54, 1.807) is 0 Å². The molecule has 4 aliphatic rings. The van der Waals surface area contributed by atoms with E-state index in [0.717, 1.165) is 35.0 Å². The lowest BCUT2D eigenvalue weighted by Crippen LogP contribution is -2.55. The third kappa shape index (κ3) is 3.18. The average Bonchev–Trinajstić information content (AvgIpc) is 2.56. The third-order valence-electron chi connectivity index (χ3n) is 6.22. The molecule has 0 spiro atoms. The Morgan fingerprint density at radius 3 is 2.17 bits per heavy atom. The second-order valence-corrected chi connectivity index (χ2v) is 8.66. The van der Waals surface area contributed by atoms with Gasteiger partial charge in [0.15, 0.2) is 0 Å². The van der Waals surface area contributed by atoms with Crippen molar-refractivity contribution in [3.8, 4) is 5.75 Å². The SMILES string of the molecule is CC(C)COc1ccc(C(=O)NC2C3CC4CC(C3)CC2C4)cc1. The monoisotopic (exact) mass is 327 g/mol. The first-order chi connectivity index (χ1) is 11.6. The van der Waals surface area contributed by atoms with Crippen LogP contribution in [0.5, 0.6) is 5.75 Å². The molecule has 1 amide bonds. The lowest BCUT2D eigenvalue weighted by molar-refractivity contribution is -0.0119. The topological polar surface area (TPSA) is 38.3 Å². The molecule has 4 aliphatic carbocycles. The highest BCUT2D eigenvalue weighted by Crippen LogP contribution is 2.53. The number of carbonyl (C=O) groups excluding carboxylic acids is 1. The minimum Gasteiger partial charge on any atom is -0.493 e. The Balaban J connectivity index is 1.38. The summed E-state index contributed by atoms with van der Waals surface area (Å²) in [6, 6.07) is 8.01. The van der Waals surface area contributed by atoms with Crippen LogP contribution in [-0.4, -0.2) is 18.6 Å². The van der Waals surface area contributed by atoms with E-state index in [0.29, 0.717) is 18.6 Å². The highest BCUT2D eigenvalue weighted by molar-refractivity contribution is 5.94. The summed E-state index contributed by atoms with van der Waals surface area (Å²) >= 11 is 0. The molecule has 0 radical (unpaired) electrons. The summed E-state index contributed by atoms with van der Waals surface area (Å²) in [6.45, 7) is 4.97. The van der Waals surface area contributed by atoms with Crippen LogP contribution in [0.2, 0.25) is 0 Å². The molecule has 4 fully saturated rings. The molecule has 0 unspecified atom stereocenters. The normalized spacial score (nSPS) is 33.7. The third-order valence-corrected chi connectivity index (χ3v) is 6.22. The molecule has 1 aromatic carbocycles. The summed E-state index contributed by atoms with van der Waals surface area (Å²) in [6.07, 6.45) is 6.78. The van der Waals surface area contributed by atoms with E-state index in [1.165, 1.54) is 32.1 Å².